The zero-order valence-corrected chi connectivity index (χ0v) is 23.8. The van der Waals surface area contributed by atoms with Gasteiger partial charge in [-0.3, -0.25) is 0 Å². The van der Waals surface area contributed by atoms with Crippen LogP contribution in [0.15, 0.2) is 167 Å². The average Bonchev–Trinajstić information content (AvgIpc) is 3.66. The first-order chi connectivity index (χ1) is 21.8. The van der Waals surface area contributed by atoms with E-state index in [0.717, 1.165) is 55.0 Å². The van der Waals surface area contributed by atoms with Crippen molar-refractivity contribution < 1.29 is 8.83 Å². The second kappa shape index (κ2) is 9.86. The molecule has 2 nitrogen and oxygen atoms in total. The summed E-state index contributed by atoms with van der Waals surface area (Å²) in [6, 6.07) is 55.7. The van der Waals surface area contributed by atoms with E-state index in [9.17, 15) is 0 Å². The molecule has 0 saturated heterocycles. The Morgan fingerprint density at radius 1 is 0.227 bits per heavy atom. The molecule has 0 bridgehead atoms. The third kappa shape index (κ3) is 4.11. The molecule has 0 spiro atoms. The van der Waals surface area contributed by atoms with Crippen molar-refractivity contribution in [3.8, 4) is 44.5 Å². The fourth-order valence-corrected chi connectivity index (χ4v) is 6.42. The van der Waals surface area contributed by atoms with Crippen LogP contribution >= 0.6 is 0 Å². The van der Waals surface area contributed by atoms with Gasteiger partial charge in [-0.1, -0.05) is 109 Å². The van der Waals surface area contributed by atoms with Crippen molar-refractivity contribution in [1.29, 1.82) is 0 Å². The Balaban J connectivity index is 1.01. The fraction of sp³-hybridized carbons (Fsp3) is 0. The lowest BCUT2D eigenvalue weighted by Crippen LogP contribution is -1.84. The Kier molecular flexibility index (Phi) is 5.54. The molecule has 2 heterocycles. The summed E-state index contributed by atoms with van der Waals surface area (Å²) in [7, 11) is 0. The fourth-order valence-electron chi connectivity index (χ4n) is 6.42. The lowest BCUT2D eigenvalue weighted by atomic mass is 9.95. The molecule has 0 aliphatic rings. The van der Waals surface area contributed by atoms with Crippen LogP contribution in [-0.4, -0.2) is 0 Å². The SMILES string of the molecule is c1cc(-c2ccc(-c3cccc(-c4ccc5c(c4)oc4ccccc45)c3)cc2)cc(-c2ccc3c(c2)oc2ccccc23)c1. The van der Waals surface area contributed by atoms with Crippen LogP contribution in [0.2, 0.25) is 0 Å². The highest BCUT2D eigenvalue weighted by Crippen LogP contribution is 2.36. The smallest absolute Gasteiger partial charge is 0.136 e. The predicted molar refractivity (Wildman–Crippen MR) is 183 cm³/mol. The van der Waals surface area contributed by atoms with E-state index < -0.39 is 0 Å². The van der Waals surface area contributed by atoms with Gasteiger partial charge in [0.2, 0.25) is 0 Å². The zero-order chi connectivity index (χ0) is 29.0. The number of benzene rings is 7. The molecule has 2 heteroatoms. The Morgan fingerprint density at radius 2 is 0.568 bits per heavy atom. The van der Waals surface area contributed by atoms with Gasteiger partial charge in [0.1, 0.15) is 22.3 Å². The Labute approximate surface area is 254 Å². The van der Waals surface area contributed by atoms with Crippen molar-refractivity contribution in [2.45, 2.75) is 0 Å². The van der Waals surface area contributed by atoms with Crippen LogP contribution in [-0.2, 0) is 0 Å². The maximum atomic E-state index is 6.15. The highest BCUT2D eigenvalue weighted by atomic mass is 16.3. The second-order valence-electron chi connectivity index (χ2n) is 11.4. The van der Waals surface area contributed by atoms with E-state index in [0.29, 0.717) is 0 Å². The molecule has 0 saturated carbocycles. The van der Waals surface area contributed by atoms with Gasteiger partial charge in [0.15, 0.2) is 0 Å². The molecule has 9 aromatic rings. The van der Waals surface area contributed by atoms with Crippen molar-refractivity contribution >= 4 is 43.9 Å². The molecule has 0 aliphatic heterocycles. The van der Waals surface area contributed by atoms with Crippen molar-refractivity contribution in [3.05, 3.63) is 158 Å². The monoisotopic (exact) mass is 562 g/mol. The number of furan rings is 2. The van der Waals surface area contributed by atoms with Crippen molar-refractivity contribution in [2.75, 3.05) is 0 Å². The van der Waals surface area contributed by atoms with E-state index >= 15 is 0 Å². The first-order valence-corrected chi connectivity index (χ1v) is 14.9. The summed E-state index contributed by atoms with van der Waals surface area (Å²) in [4.78, 5) is 0. The molecule has 44 heavy (non-hydrogen) atoms. The second-order valence-corrected chi connectivity index (χ2v) is 11.4. The van der Waals surface area contributed by atoms with Crippen LogP contribution in [0.5, 0.6) is 0 Å². The van der Waals surface area contributed by atoms with Gasteiger partial charge in [0.25, 0.3) is 0 Å². The normalized spacial score (nSPS) is 11.6. The third-order valence-corrected chi connectivity index (χ3v) is 8.70. The Bertz CT molecular complexity index is 2320. The van der Waals surface area contributed by atoms with E-state index in [2.05, 4.69) is 133 Å². The number of hydrogen-bond donors (Lipinski definition) is 0. The molecule has 9 rings (SSSR count). The van der Waals surface area contributed by atoms with Crippen molar-refractivity contribution in [3.63, 3.8) is 0 Å². The standard InChI is InChI=1S/C42H26O2/c1-3-13-39-35(11-1)37-21-19-33(25-41(37)43-39)31-9-5-7-29(23-31)27-15-17-28(18-16-27)30-8-6-10-32(24-30)34-20-22-38-36-12-2-4-14-40(36)44-42(38)26-34/h1-26H. The molecule has 2 aromatic heterocycles. The van der Waals surface area contributed by atoms with E-state index in [1.54, 1.807) is 0 Å². The van der Waals surface area contributed by atoms with Crippen LogP contribution in [0.3, 0.4) is 0 Å². The van der Waals surface area contributed by atoms with Gasteiger partial charge in [0.05, 0.1) is 0 Å². The predicted octanol–water partition coefficient (Wildman–Crippen LogP) is 12.2. The van der Waals surface area contributed by atoms with Gasteiger partial charge >= 0.3 is 0 Å². The molecule has 0 fully saturated rings. The molecule has 206 valence electrons. The molecule has 0 aliphatic carbocycles. The summed E-state index contributed by atoms with van der Waals surface area (Å²) in [5, 5.41) is 4.60. The van der Waals surface area contributed by atoms with Crippen LogP contribution in [0.1, 0.15) is 0 Å². The summed E-state index contributed by atoms with van der Waals surface area (Å²) in [5.74, 6) is 0. The summed E-state index contributed by atoms with van der Waals surface area (Å²) in [6.07, 6.45) is 0. The molecule has 7 aromatic carbocycles. The molecular formula is C42H26O2. The first kappa shape index (κ1) is 24.7. The third-order valence-electron chi connectivity index (χ3n) is 8.70. The zero-order valence-electron chi connectivity index (χ0n) is 23.8. The minimum atomic E-state index is 0.915. The topological polar surface area (TPSA) is 26.3 Å². The lowest BCUT2D eigenvalue weighted by molar-refractivity contribution is 0.668. The molecule has 0 N–H and O–H groups in total. The Morgan fingerprint density at radius 3 is 1.02 bits per heavy atom. The van der Waals surface area contributed by atoms with E-state index in [4.69, 9.17) is 8.83 Å². The first-order valence-electron chi connectivity index (χ1n) is 14.9. The largest absolute Gasteiger partial charge is 0.456 e. The van der Waals surface area contributed by atoms with Crippen LogP contribution < -0.4 is 0 Å². The molecule has 0 atom stereocenters. The van der Waals surface area contributed by atoms with Gasteiger partial charge in [-0.05, 0) is 93.0 Å². The van der Waals surface area contributed by atoms with Crippen molar-refractivity contribution in [2.24, 2.45) is 0 Å². The van der Waals surface area contributed by atoms with E-state index in [1.165, 1.54) is 33.4 Å². The van der Waals surface area contributed by atoms with Crippen LogP contribution in [0, 0.1) is 0 Å². The lowest BCUT2D eigenvalue weighted by Gasteiger charge is -2.09. The van der Waals surface area contributed by atoms with Gasteiger partial charge in [-0.2, -0.15) is 0 Å². The van der Waals surface area contributed by atoms with Crippen molar-refractivity contribution in [1.82, 2.24) is 0 Å². The van der Waals surface area contributed by atoms with Gasteiger partial charge in [0, 0.05) is 21.5 Å². The van der Waals surface area contributed by atoms with Crippen LogP contribution in [0.25, 0.3) is 88.4 Å². The summed E-state index contributed by atoms with van der Waals surface area (Å²) in [6.45, 7) is 0. The van der Waals surface area contributed by atoms with Crippen LogP contribution in [0.4, 0.5) is 0 Å². The molecule has 0 radical (unpaired) electrons. The number of hydrogen-bond acceptors (Lipinski definition) is 2. The summed E-state index contributed by atoms with van der Waals surface area (Å²) >= 11 is 0. The number of para-hydroxylation sites is 2. The summed E-state index contributed by atoms with van der Waals surface area (Å²) in [5.41, 5.74) is 13.1. The minimum absolute atomic E-state index is 0.915. The Hall–Kier alpha value is -5.86. The molecule has 0 amide bonds. The highest BCUT2D eigenvalue weighted by molar-refractivity contribution is 6.07. The minimum Gasteiger partial charge on any atom is -0.456 e. The van der Waals surface area contributed by atoms with Gasteiger partial charge in [-0.15, -0.1) is 0 Å². The maximum absolute atomic E-state index is 6.15. The number of rotatable bonds is 4. The van der Waals surface area contributed by atoms with Gasteiger partial charge in [-0.25, -0.2) is 0 Å². The molecule has 0 unspecified atom stereocenters. The number of fused-ring (bicyclic) bond motifs is 6. The average molecular weight is 563 g/mol. The quantitative estimate of drug-likeness (QED) is 0.213. The molecular weight excluding hydrogens is 536 g/mol. The van der Waals surface area contributed by atoms with E-state index in [-0.39, 0.29) is 0 Å². The highest BCUT2D eigenvalue weighted by Gasteiger charge is 2.11. The maximum Gasteiger partial charge on any atom is 0.136 e. The summed E-state index contributed by atoms with van der Waals surface area (Å²) < 4.78 is 12.3. The van der Waals surface area contributed by atoms with Gasteiger partial charge < -0.3 is 8.83 Å². The van der Waals surface area contributed by atoms with E-state index in [1.807, 2.05) is 24.3 Å².